The summed E-state index contributed by atoms with van der Waals surface area (Å²) in [5.74, 6) is -0.502. The molecule has 0 saturated carbocycles. The zero-order valence-corrected chi connectivity index (χ0v) is 16.0. The summed E-state index contributed by atoms with van der Waals surface area (Å²) in [6, 6.07) is 11.0. The second-order valence-corrected chi connectivity index (χ2v) is 7.02. The number of anilines is 2. The zero-order valence-electron chi connectivity index (χ0n) is 15.2. The predicted octanol–water partition coefficient (Wildman–Crippen LogP) is 5.04. The van der Waals surface area contributed by atoms with Crippen molar-refractivity contribution in [2.24, 2.45) is 0 Å². The van der Waals surface area contributed by atoms with Crippen LogP contribution in [0.15, 0.2) is 53.9 Å². The van der Waals surface area contributed by atoms with Crippen LogP contribution in [0, 0.1) is 0 Å². The van der Waals surface area contributed by atoms with Crippen LogP contribution in [0.3, 0.4) is 0 Å². The Morgan fingerprint density at radius 2 is 1.62 bits per heavy atom. The first-order chi connectivity index (χ1) is 13.7. The first kappa shape index (κ1) is 20.5. The highest BCUT2D eigenvalue weighted by Gasteiger charge is 2.30. The number of nitrogens with zero attached hydrogens (tertiary/aromatic N) is 1. The third-order valence-corrected chi connectivity index (χ3v) is 4.81. The Kier molecular flexibility index (Phi) is 5.97. The summed E-state index contributed by atoms with van der Waals surface area (Å²) >= 11 is 1.34. The number of alkyl halides is 3. The molecule has 150 valence electrons. The van der Waals surface area contributed by atoms with Crippen LogP contribution in [-0.2, 0) is 12.7 Å². The minimum absolute atomic E-state index is 0.0168. The Labute approximate surface area is 168 Å². The molecule has 0 aliphatic heterocycles. The van der Waals surface area contributed by atoms with E-state index in [1.807, 2.05) is 0 Å². The molecule has 0 unspecified atom stereocenters. The van der Waals surface area contributed by atoms with Crippen LogP contribution < -0.4 is 10.6 Å². The largest absolute Gasteiger partial charge is 0.416 e. The van der Waals surface area contributed by atoms with Crippen molar-refractivity contribution < 1.29 is 22.8 Å². The van der Waals surface area contributed by atoms with E-state index in [0.717, 1.165) is 30.0 Å². The maximum absolute atomic E-state index is 12.6. The molecule has 0 aliphatic rings. The van der Waals surface area contributed by atoms with Crippen LogP contribution in [0.2, 0.25) is 0 Å². The number of aromatic nitrogens is 1. The number of rotatable bonds is 6. The van der Waals surface area contributed by atoms with Crippen LogP contribution in [0.1, 0.15) is 38.9 Å². The van der Waals surface area contributed by atoms with Crippen molar-refractivity contribution in [3.63, 3.8) is 0 Å². The maximum atomic E-state index is 12.6. The summed E-state index contributed by atoms with van der Waals surface area (Å²) in [4.78, 5) is 27.7. The van der Waals surface area contributed by atoms with E-state index in [4.69, 9.17) is 0 Å². The SMILES string of the molecule is CC(=O)c1ccc(Nc2nc(CNC(=O)c3ccc(C(F)(F)F)cc3)cs2)cc1. The molecular formula is C20H16F3N3O2S. The Hall–Kier alpha value is -3.20. The number of hydrogen-bond acceptors (Lipinski definition) is 5. The van der Waals surface area contributed by atoms with E-state index in [2.05, 4.69) is 15.6 Å². The molecule has 1 aromatic heterocycles. The molecule has 0 atom stereocenters. The molecule has 0 fully saturated rings. The molecule has 5 nitrogen and oxygen atoms in total. The van der Waals surface area contributed by atoms with E-state index < -0.39 is 17.6 Å². The fourth-order valence-electron chi connectivity index (χ4n) is 2.44. The van der Waals surface area contributed by atoms with E-state index in [-0.39, 0.29) is 17.9 Å². The molecule has 1 amide bonds. The molecule has 2 N–H and O–H groups in total. The van der Waals surface area contributed by atoms with Crippen molar-refractivity contribution >= 4 is 33.8 Å². The lowest BCUT2D eigenvalue weighted by Crippen LogP contribution is -2.23. The standard InChI is InChI=1S/C20H16F3N3O2S/c1-12(27)13-4-8-16(9-5-13)25-19-26-17(11-29-19)10-24-18(28)14-2-6-15(7-3-14)20(21,22)23/h2-9,11H,10H2,1H3,(H,24,28)(H,25,26). The lowest BCUT2D eigenvalue weighted by atomic mass is 10.1. The molecule has 9 heteroatoms. The Morgan fingerprint density at radius 1 is 1.00 bits per heavy atom. The number of benzene rings is 2. The molecule has 0 radical (unpaired) electrons. The van der Waals surface area contributed by atoms with Crippen LogP contribution in [0.25, 0.3) is 0 Å². The van der Waals surface area contributed by atoms with Gasteiger partial charge in [-0.3, -0.25) is 9.59 Å². The van der Waals surface area contributed by atoms with Gasteiger partial charge in [0, 0.05) is 22.2 Å². The minimum Gasteiger partial charge on any atom is -0.346 e. The number of carbonyl (C=O) groups is 2. The minimum atomic E-state index is -4.44. The summed E-state index contributed by atoms with van der Waals surface area (Å²) in [6.07, 6.45) is -4.44. The van der Waals surface area contributed by atoms with Gasteiger partial charge in [-0.25, -0.2) is 4.98 Å². The van der Waals surface area contributed by atoms with Gasteiger partial charge in [0.05, 0.1) is 17.8 Å². The third kappa shape index (κ3) is 5.41. The van der Waals surface area contributed by atoms with Gasteiger partial charge in [-0.05, 0) is 55.5 Å². The lowest BCUT2D eigenvalue weighted by Gasteiger charge is -2.08. The number of ketones is 1. The van der Waals surface area contributed by atoms with Gasteiger partial charge in [0.15, 0.2) is 10.9 Å². The Bertz CT molecular complexity index is 1010. The topological polar surface area (TPSA) is 71.1 Å². The van der Waals surface area contributed by atoms with Gasteiger partial charge in [0.2, 0.25) is 0 Å². The summed E-state index contributed by atoms with van der Waals surface area (Å²) in [5, 5.41) is 8.11. The molecule has 1 heterocycles. The number of Topliss-reactive ketones (excluding diaryl/α,β-unsaturated/α-hetero) is 1. The Morgan fingerprint density at radius 3 is 2.21 bits per heavy atom. The highest BCUT2D eigenvalue weighted by molar-refractivity contribution is 7.13. The molecule has 2 aromatic carbocycles. The average molecular weight is 419 g/mol. The Balaban J connectivity index is 1.56. The second-order valence-electron chi connectivity index (χ2n) is 6.16. The summed E-state index contributed by atoms with van der Waals surface area (Å²) in [7, 11) is 0. The fourth-order valence-corrected chi connectivity index (χ4v) is 3.17. The van der Waals surface area contributed by atoms with Crippen LogP contribution in [0.4, 0.5) is 24.0 Å². The molecule has 3 aromatic rings. The van der Waals surface area contributed by atoms with Gasteiger partial charge >= 0.3 is 6.18 Å². The maximum Gasteiger partial charge on any atom is 0.416 e. The number of thiazole rings is 1. The number of carbonyl (C=O) groups excluding carboxylic acids is 2. The van der Waals surface area contributed by atoms with Gasteiger partial charge in [-0.1, -0.05) is 0 Å². The molecule has 3 rings (SSSR count). The quantitative estimate of drug-likeness (QED) is 0.550. The summed E-state index contributed by atoms with van der Waals surface area (Å²) in [6.45, 7) is 1.63. The molecular weight excluding hydrogens is 403 g/mol. The van der Waals surface area contributed by atoms with E-state index in [1.54, 1.807) is 29.6 Å². The van der Waals surface area contributed by atoms with Crippen LogP contribution >= 0.6 is 11.3 Å². The van der Waals surface area contributed by atoms with Gasteiger partial charge in [-0.2, -0.15) is 13.2 Å². The van der Waals surface area contributed by atoms with E-state index in [9.17, 15) is 22.8 Å². The highest BCUT2D eigenvalue weighted by atomic mass is 32.1. The first-order valence-electron chi connectivity index (χ1n) is 8.50. The monoisotopic (exact) mass is 419 g/mol. The van der Waals surface area contributed by atoms with Gasteiger partial charge in [0.25, 0.3) is 5.91 Å². The average Bonchev–Trinajstić information content (AvgIpc) is 3.13. The van der Waals surface area contributed by atoms with Crippen molar-refractivity contribution in [1.29, 1.82) is 0 Å². The van der Waals surface area contributed by atoms with Crippen LogP contribution in [-0.4, -0.2) is 16.7 Å². The van der Waals surface area contributed by atoms with Crippen molar-refractivity contribution in [2.45, 2.75) is 19.6 Å². The normalized spacial score (nSPS) is 11.2. The van der Waals surface area contributed by atoms with E-state index in [0.29, 0.717) is 16.4 Å². The van der Waals surface area contributed by atoms with E-state index in [1.165, 1.54) is 18.3 Å². The van der Waals surface area contributed by atoms with Gasteiger partial charge < -0.3 is 10.6 Å². The second kappa shape index (κ2) is 8.44. The summed E-state index contributed by atoms with van der Waals surface area (Å²) < 4.78 is 37.7. The number of halogens is 3. The lowest BCUT2D eigenvalue weighted by molar-refractivity contribution is -0.137. The molecule has 0 bridgehead atoms. The molecule has 29 heavy (non-hydrogen) atoms. The molecule has 0 saturated heterocycles. The van der Waals surface area contributed by atoms with Crippen molar-refractivity contribution in [3.05, 3.63) is 76.3 Å². The van der Waals surface area contributed by atoms with Crippen molar-refractivity contribution in [1.82, 2.24) is 10.3 Å². The van der Waals surface area contributed by atoms with Gasteiger partial charge in [0.1, 0.15) is 0 Å². The number of nitrogens with one attached hydrogen (secondary N) is 2. The molecule has 0 aliphatic carbocycles. The van der Waals surface area contributed by atoms with Crippen LogP contribution in [0.5, 0.6) is 0 Å². The summed E-state index contributed by atoms with van der Waals surface area (Å²) in [5.41, 5.74) is 1.32. The van der Waals surface area contributed by atoms with E-state index >= 15 is 0 Å². The number of hydrogen-bond donors (Lipinski definition) is 2. The smallest absolute Gasteiger partial charge is 0.346 e. The van der Waals surface area contributed by atoms with Crippen molar-refractivity contribution in [3.8, 4) is 0 Å². The zero-order chi connectivity index (χ0) is 21.0. The molecule has 0 spiro atoms. The third-order valence-electron chi connectivity index (χ3n) is 4.00. The predicted molar refractivity (Wildman–Crippen MR) is 104 cm³/mol. The highest BCUT2D eigenvalue weighted by Crippen LogP contribution is 2.29. The first-order valence-corrected chi connectivity index (χ1v) is 9.38. The number of amides is 1. The fraction of sp³-hybridized carbons (Fsp3) is 0.150. The van der Waals surface area contributed by atoms with Gasteiger partial charge in [-0.15, -0.1) is 11.3 Å². The van der Waals surface area contributed by atoms with Crippen molar-refractivity contribution in [2.75, 3.05) is 5.32 Å².